The van der Waals surface area contributed by atoms with Gasteiger partial charge in [-0.3, -0.25) is 4.99 Å². The molecule has 0 radical (unpaired) electrons. The van der Waals surface area contributed by atoms with E-state index in [1.807, 2.05) is 19.1 Å². The molecule has 2 N–H and O–H groups in total. The fourth-order valence-electron chi connectivity index (χ4n) is 1.89. The van der Waals surface area contributed by atoms with Crippen molar-refractivity contribution in [2.24, 2.45) is 4.99 Å². The van der Waals surface area contributed by atoms with Crippen LogP contribution in [0.1, 0.15) is 24.5 Å². The zero-order valence-electron chi connectivity index (χ0n) is 12.5. The summed E-state index contributed by atoms with van der Waals surface area (Å²) in [4.78, 5) is 4.50. The van der Waals surface area contributed by atoms with Crippen LogP contribution in [0.2, 0.25) is 0 Å². The van der Waals surface area contributed by atoms with E-state index in [2.05, 4.69) is 22.5 Å². The van der Waals surface area contributed by atoms with Gasteiger partial charge in [0.25, 0.3) is 0 Å². The first-order chi connectivity index (χ1) is 9.38. The van der Waals surface area contributed by atoms with E-state index in [1.54, 1.807) is 13.1 Å². The third-order valence-corrected chi connectivity index (χ3v) is 4.12. The van der Waals surface area contributed by atoms with Gasteiger partial charge in [0.15, 0.2) is 15.8 Å². The highest BCUT2D eigenvalue weighted by Gasteiger charge is 2.10. The van der Waals surface area contributed by atoms with Crippen molar-refractivity contribution in [2.75, 3.05) is 19.8 Å². The smallest absolute Gasteiger partial charge is 0.191 e. The average Bonchev–Trinajstić information content (AvgIpc) is 2.37. The maximum Gasteiger partial charge on any atom is 0.191 e. The topological polar surface area (TPSA) is 70.6 Å². The Balaban J connectivity index is 2.73. The third-order valence-electron chi connectivity index (χ3n) is 2.86. The summed E-state index contributed by atoms with van der Waals surface area (Å²) in [7, 11) is -1.43. The van der Waals surface area contributed by atoms with Gasteiger partial charge in [-0.2, -0.15) is 0 Å². The maximum atomic E-state index is 11.6. The third kappa shape index (κ3) is 4.85. The van der Waals surface area contributed by atoms with Crippen LogP contribution in [0, 0.1) is 6.92 Å². The molecule has 1 aromatic rings. The van der Waals surface area contributed by atoms with Gasteiger partial charge in [-0.15, -0.1) is 0 Å². The second kappa shape index (κ2) is 7.28. The van der Waals surface area contributed by atoms with Crippen molar-refractivity contribution in [3.63, 3.8) is 0 Å². The molecule has 0 heterocycles. The molecule has 0 fully saturated rings. The molecule has 0 unspecified atom stereocenters. The molecule has 0 aliphatic heterocycles. The Morgan fingerprint density at radius 2 is 2.00 bits per heavy atom. The number of sulfone groups is 1. The molecule has 0 aliphatic rings. The molecule has 6 heteroatoms. The minimum Gasteiger partial charge on any atom is -0.356 e. The van der Waals surface area contributed by atoms with Gasteiger partial charge in [-0.05, 0) is 30.5 Å². The van der Waals surface area contributed by atoms with Gasteiger partial charge in [0.1, 0.15) is 0 Å². The lowest BCUT2D eigenvalue weighted by Crippen LogP contribution is -2.37. The van der Waals surface area contributed by atoms with Crippen molar-refractivity contribution in [2.45, 2.75) is 31.7 Å². The van der Waals surface area contributed by atoms with Crippen molar-refractivity contribution in [1.82, 2.24) is 10.6 Å². The van der Waals surface area contributed by atoms with Crippen LogP contribution < -0.4 is 10.6 Å². The Morgan fingerprint density at radius 1 is 1.30 bits per heavy atom. The first-order valence-electron chi connectivity index (χ1n) is 6.62. The van der Waals surface area contributed by atoms with E-state index in [0.717, 1.165) is 30.1 Å². The maximum absolute atomic E-state index is 11.6. The Hall–Kier alpha value is -1.56. The fourth-order valence-corrected chi connectivity index (χ4v) is 2.85. The summed E-state index contributed by atoms with van der Waals surface area (Å²) >= 11 is 0. The molecule has 20 heavy (non-hydrogen) atoms. The van der Waals surface area contributed by atoms with Crippen LogP contribution in [0.25, 0.3) is 0 Å². The number of hydrogen-bond acceptors (Lipinski definition) is 3. The van der Waals surface area contributed by atoms with Gasteiger partial charge < -0.3 is 10.6 Å². The number of hydrogen-bond donors (Lipinski definition) is 2. The number of aliphatic imine (C=N–C) groups is 1. The summed E-state index contributed by atoms with van der Waals surface area (Å²) in [6.07, 6.45) is 2.26. The number of benzene rings is 1. The average molecular weight is 297 g/mol. The van der Waals surface area contributed by atoms with Crippen LogP contribution >= 0.6 is 0 Å². The predicted octanol–water partition coefficient (Wildman–Crippen LogP) is 1.47. The largest absolute Gasteiger partial charge is 0.356 e. The number of rotatable bonds is 5. The van der Waals surface area contributed by atoms with E-state index >= 15 is 0 Å². The molecule has 0 bridgehead atoms. The Kier molecular flexibility index (Phi) is 6.01. The first kappa shape index (κ1) is 16.5. The van der Waals surface area contributed by atoms with Crippen LogP contribution in [-0.2, 0) is 16.4 Å². The second-order valence-electron chi connectivity index (χ2n) is 4.72. The Labute approximate surface area is 121 Å². The minimum atomic E-state index is -3.15. The highest BCUT2D eigenvalue weighted by molar-refractivity contribution is 7.90. The highest BCUT2D eigenvalue weighted by atomic mass is 32.2. The van der Waals surface area contributed by atoms with Crippen molar-refractivity contribution < 1.29 is 8.42 Å². The molecule has 1 aromatic carbocycles. The summed E-state index contributed by atoms with van der Waals surface area (Å²) in [5.74, 6) is 0.747. The van der Waals surface area contributed by atoms with Crippen molar-refractivity contribution in [3.8, 4) is 0 Å². The molecule has 0 amide bonds. The van der Waals surface area contributed by atoms with Gasteiger partial charge in [-0.1, -0.05) is 19.1 Å². The Bertz CT molecular complexity index is 580. The lowest BCUT2D eigenvalue weighted by atomic mass is 10.1. The summed E-state index contributed by atoms with van der Waals surface area (Å²) < 4.78 is 23.1. The van der Waals surface area contributed by atoms with Crippen molar-refractivity contribution in [3.05, 3.63) is 29.3 Å². The quantitative estimate of drug-likeness (QED) is 0.638. The SMILES string of the molecule is CCCNC(=NC)NCc1ccc(S(C)(=O)=O)c(C)c1. The summed E-state index contributed by atoms with van der Waals surface area (Å²) in [6, 6.07) is 5.36. The van der Waals surface area contributed by atoms with E-state index in [9.17, 15) is 8.42 Å². The van der Waals surface area contributed by atoms with Crippen molar-refractivity contribution in [1.29, 1.82) is 0 Å². The standard InChI is InChI=1S/C14H23N3O2S/c1-5-8-16-14(15-3)17-10-12-6-7-13(11(2)9-12)20(4,18)19/h6-7,9H,5,8,10H2,1-4H3,(H2,15,16,17). The fraction of sp³-hybridized carbons (Fsp3) is 0.500. The minimum absolute atomic E-state index is 0.384. The summed E-state index contributed by atoms with van der Waals surface area (Å²) in [5, 5.41) is 6.38. The van der Waals surface area contributed by atoms with Crippen LogP contribution in [-0.4, -0.2) is 34.2 Å². The molecule has 0 spiro atoms. The summed E-state index contributed by atoms with van der Waals surface area (Å²) in [6.45, 7) is 5.37. The van der Waals surface area contributed by atoms with Crippen LogP contribution in [0.5, 0.6) is 0 Å². The van der Waals surface area contributed by atoms with Crippen LogP contribution in [0.15, 0.2) is 28.1 Å². The molecular formula is C14H23N3O2S. The van der Waals surface area contributed by atoms with Gasteiger partial charge in [0.2, 0.25) is 0 Å². The normalized spacial score (nSPS) is 12.3. The lowest BCUT2D eigenvalue weighted by Gasteiger charge is -2.12. The molecule has 1 rings (SSSR count). The van der Waals surface area contributed by atoms with Crippen molar-refractivity contribution >= 4 is 15.8 Å². The van der Waals surface area contributed by atoms with Gasteiger partial charge >= 0.3 is 0 Å². The number of nitrogens with zero attached hydrogens (tertiary/aromatic N) is 1. The molecule has 5 nitrogen and oxygen atoms in total. The van der Waals surface area contributed by atoms with Gasteiger partial charge in [-0.25, -0.2) is 8.42 Å². The van der Waals surface area contributed by atoms with Crippen LogP contribution in [0.3, 0.4) is 0 Å². The van der Waals surface area contributed by atoms with E-state index in [-0.39, 0.29) is 0 Å². The van der Waals surface area contributed by atoms with E-state index in [4.69, 9.17) is 0 Å². The molecule has 0 saturated heterocycles. The Morgan fingerprint density at radius 3 is 2.50 bits per heavy atom. The van der Waals surface area contributed by atoms with E-state index in [0.29, 0.717) is 11.4 Å². The molecule has 0 aliphatic carbocycles. The van der Waals surface area contributed by atoms with Gasteiger partial charge in [0.05, 0.1) is 4.90 Å². The second-order valence-corrected chi connectivity index (χ2v) is 6.71. The molecule has 0 aromatic heterocycles. The number of nitrogens with one attached hydrogen (secondary N) is 2. The lowest BCUT2D eigenvalue weighted by molar-refractivity contribution is 0.601. The predicted molar refractivity (Wildman–Crippen MR) is 82.8 cm³/mol. The molecule has 0 saturated carbocycles. The van der Waals surface area contributed by atoms with E-state index in [1.165, 1.54) is 6.26 Å². The number of guanidine groups is 1. The zero-order chi connectivity index (χ0) is 15.2. The summed E-state index contributed by atoms with van der Waals surface area (Å²) in [5.41, 5.74) is 1.79. The van der Waals surface area contributed by atoms with E-state index < -0.39 is 9.84 Å². The van der Waals surface area contributed by atoms with Crippen LogP contribution in [0.4, 0.5) is 0 Å². The zero-order valence-corrected chi connectivity index (χ0v) is 13.3. The van der Waals surface area contributed by atoms with Gasteiger partial charge in [0, 0.05) is 26.4 Å². The number of aryl methyl sites for hydroxylation is 1. The monoisotopic (exact) mass is 297 g/mol. The molecule has 0 atom stereocenters. The molecular weight excluding hydrogens is 274 g/mol. The molecule has 112 valence electrons. The first-order valence-corrected chi connectivity index (χ1v) is 8.51. The highest BCUT2D eigenvalue weighted by Crippen LogP contribution is 2.16.